The van der Waals surface area contributed by atoms with Gasteiger partial charge in [-0.1, -0.05) is 26.2 Å². The quantitative estimate of drug-likeness (QED) is 0.690. The van der Waals surface area contributed by atoms with Gasteiger partial charge in [-0.05, 0) is 50.5 Å². The largest absolute Gasteiger partial charge is 0.493 e. The van der Waals surface area contributed by atoms with Crippen molar-refractivity contribution in [2.45, 2.75) is 70.5 Å². The Kier molecular flexibility index (Phi) is 6.63. The second-order valence-electron chi connectivity index (χ2n) is 9.18. The first-order valence-electron chi connectivity index (χ1n) is 11.8. The first-order chi connectivity index (χ1) is 15.9. The number of benzene rings is 1. The van der Waals surface area contributed by atoms with Gasteiger partial charge in [-0.25, -0.2) is 0 Å². The van der Waals surface area contributed by atoms with Crippen LogP contribution in [0.25, 0.3) is 11.3 Å². The molecule has 2 aromatic rings. The standard InChI is InChI=1S/C25H34N4O4/c1-5-13-28-23(30)20-15-19(17-11-12-21(32-3)22(14-17)33-4)27-29(20)16-25(28,2)24(31)26-18-9-7-6-8-10-18/h11-12,14-15,18H,5-10,13,16H2,1-4H3,(H,26,31). The molecule has 1 aromatic carbocycles. The van der Waals surface area contributed by atoms with Crippen molar-refractivity contribution in [1.29, 1.82) is 0 Å². The first-order valence-corrected chi connectivity index (χ1v) is 11.8. The van der Waals surface area contributed by atoms with E-state index >= 15 is 0 Å². The number of nitrogens with zero attached hydrogens (tertiary/aromatic N) is 3. The van der Waals surface area contributed by atoms with Crippen molar-refractivity contribution in [2.75, 3.05) is 20.8 Å². The number of carbonyl (C=O) groups excluding carboxylic acids is 2. The molecule has 8 heteroatoms. The van der Waals surface area contributed by atoms with Gasteiger partial charge in [0.05, 0.1) is 26.5 Å². The van der Waals surface area contributed by atoms with Crippen molar-refractivity contribution in [3.63, 3.8) is 0 Å². The summed E-state index contributed by atoms with van der Waals surface area (Å²) >= 11 is 0. The van der Waals surface area contributed by atoms with Crippen LogP contribution in [-0.4, -0.2) is 58.8 Å². The van der Waals surface area contributed by atoms with Gasteiger partial charge in [0.25, 0.3) is 5.91 Å². The van der Waals surface area contributed by atoms with Crippen LogP contribution in [0, 0.1) is 0 Å². The molecule has 2 aliphatic rings. The van der Waals surface area contributed by atoms with Crippen LogP contribution in [0.2, 0.25) is 0 Å². The predicted molar refractivity (Wildman–Crippen MR) is 126 cm³/mol. The molecule has 1 saturated carbocycles. The highest BCUT2D eigenvalue weighted by atomic mass is 16.5. The molecule has 4 rings (SSSR count). The molecule has 33 heavy (non-hydrogen) atoms. The number of hydrogen-bond donors (Lipinski definition) is 1. The Morgan fingerprint density at radius 2 is 1.88 bits per heavy atom. The third-order valence-corrected chi connectivity index (χ3v) is 6.85. The molecule has 2 heterocycles. The van der Waals surface area contributed by atoms with Gasteiger partial charge in [0.1, 0.15) is 11.2 Å². The molecular formula is C25H34N4O4. The SMILES string of the molecule is CCCN1C(=O)c2cc(-c3ccc(OC)c(OC)c3)nn2CC1(C)C(=O)NC1CCCCC1. The Labute approximate surface area is 195 Å². The lowest BCUT2D eigenvalue weighted by molar-refractivity contribution is -0.134. The number of aromatic nitrogens is 2. The summed E-state index contributed by atoms with van der Waals surface area (Å²) in [6.45, 7) is 4.72. The molecule has 178 valence electrons. The summed E-state index contributed by atoms with van der Waals surface area (Å²) in [6.07, 6.45) is 6.27. The molecule has 2 amide bonds. The molecule has 1 aromatic heterocycles. The number of fused-ring (bicyclic) bond motifs is 1. The average Bonchev–Trinajstić information content (AvgIpc) is 3.25. The number of methoxy groups -OCH3 is 2. The molecule has 8 nitrogen and oxygen atoms in total. The predicted octanol–water partition coefficient (Wildman–Crippen LogP) is 3.64. The molecular weight excluding hydrogens is 420 g/mol. The highest BCUT2D eigenvalue weighted by Crippen LogP contribution is 2.34. The molecule has 0 spiro atoms. The molecule has 1 aliphatic carbocycles. The van der Waals surface area contributed by atoms with E-state index in [0.717, 1.165) is 37.7 Å². The van der Waals surface area contributed by atoms with E-state index in [4.69, 9.17) is 14.6 Å². The van der Waals surface area contributed by atoms with Crippen molar-refractivity contribution in [2.24, 2.45) is 0 Å². The van der Waals surface area contributed by atoms with Crippen LogP contribution >= 0.6 is 0 Å². The summed E-state index contributed by atoms with van der Waals surface area (Å²) in [4.78, 5) is 28.7. The smallest absolute Gasteiger partial charge is 0.273 e. The van der Waals surface area contributed by atoms with E-state index in [-0.39, 0.29) is 17.9 Å². The van der Waals surface area contributed by atoms with Crippen molar-refractivity contribution < 1.29 is 19.1 Å². The van der Waals surface area contributed by atoms with Crippen molar-refractivity contribution in [3.8, 4) is 22.8 Å². The molecule has 1 atom stereocenters. The monoisotopic (exact) mass is 454 g/mol. The lowest BCUT2D eigenvalue weighted by Gasteiger charge is -2.44. The molecule has 0 radical (unpaired) electrons. The van der Waals surface area contributed by atoms with Crippen molar-refractivity contribution in [3.05, 3.63) is 30.0 Å². The Morgan fingerprint density at radius 3 is 2.55 bits per heavy atom. The second kappa shape index (κ2) is 9.45. The molecule has 1 aliphatic heterocycles. The van der Waals surface area contributed by atoms with Crippen LogP contribution in [0.3, 0.4) is 0 Å². The van der Waals surface area contributed by atoms with E-state index in [1.54, 1.807) is 29.9 Å². The van der Waals surface area contributed by atoms with Crippen LogP contribution in [0.4, 0.5) is 0 Å². The highest BCUT2D eigenvalue weighted by molar-refractivity contribution is 6.00. The van der Waals surface area contributed by atoms with Gasteiger partial charge in [0.2, 0.25) is 5.91 Å². The summed E-state index contributed by atoms with van der Waals surface area (Å²) in [6, 6.07) is 7.53. The zero-order valence-corrected chi connectivity index (χ0v) is 20.0. The zero-order chi connectivity index (χ0) is 23.6. The van der Waals surface area contributed by atoms with Gasteiger partial charge < -0.3 is 19.7 Å². The van der Waals surface area contributed by atoms with E-state index in [2.05, 4.69) is 5.32 Å². The van der Waals surface area contributed by atoms with Crippen LogP contribution in [0.15, 0.2) is 24.3 Å². The minimum absolute atomic E-state index is 0.0926. The summed E-state index contributed by atoms with van der Waals surface area (Å²) in [5.74, 6) is 0.965. The molecule has 0 bridgehead atoms. The average molecular weight is 455 g/mol. The highest BCUT2D eigenvalue weighted by Gasteiger charge is 2.48. The Morgan fingerprint density at radius 1 is 1.15 bits per heavy atom. The Balaban J connectivity index is 1.66. The fourth-order valence-electron chi connectivity index (χ4n) is 4.94. The number of carbonyl (C=O) groups is 2. The van der Waals surface area contributed by atoms with E-state index in [1.807, 2.05) is 32.0 Å². The number of ether oxygens (including phenoxy) is 2. The third kappa shape index (κ3) is 4.30. The van der Waals surface area contributed by atoms with Gasteiger partial charge in [-0.2, -0.15) is 5.10 Å². The molecule has 0 saturated heterocycles. The van der Waals surface area contributed by atoms with Crippen LogP contribution in [0.1, 0.15) is 62.9 Å². The topological polar surface area (TPSA) is 85.7 Å². The first kappa shape index (κ1) is 23.1. The van der Waals surface area contributed by atoms with Crippen LogP contribution in [-0.2, 0) is 11.3 Å². The number of amides is 2. The fraction of sp³-hybridized carbons (Fsp3) is 0.560. The van der Waals surface area contributed by atoms with E-state index in [9.17, 15) is 9.59 Å². The minimum atomic E-state index is -0.988. The van der Waals surface area contributed by atoms with Crippen molar-refractivity contribution in [1.82, 2.24) is 20.0 Å². The number of rotatable bonds is 7. The maximum absolute atomic E-state index is 13.5. The lowest BCUT2D eigenvalue weighted by atomic mass is 9.91. The number of hydrogen-bond acceptors (Lipinski definition) is 5. The van der Waals surface area contributed by atoms with E-state index in [1.165, 1.54) is 6.42 Å². The van der Waals surface area contributed by atoms with Crippen LogP contribution < -0.4 is 14.8 Å². The molecule has 1 unspecified atom stereocenters. The zero-order valence-electron chi connectivity index (χ0n) is 20.0. The third-order valence-electron chi connectivity index (χ3n) is 6.85. The lowest BCUT2D eigenvalue weighted by Crippen LogP contribution is -2.65. The minimum Gasteiger partial charge on any atom is -0.493 e. The number of nitrogens with one attached hydrogen (secondary N) is 1. The van der Waals surface area contributed by atoms with Gasteiger partial charge >= 0.3 is 0 Å². The van der Waals surface area contributed by atoms with E-state index < -0.39 is 5.54 Å². The summed E-state index contributed by atoms with van der Waals surface area (Å²) in [5, 5.41) is 7.95. The van der Waals surface area contributed by atoms with E-state index in [0.29, 0.717) is 36.0 Å². The Bertz CT molecular complexity index is 1030. The molecule has 1 fully saturated rings. The fourth-order valence-corrected chi connectivity index (χ4v) is 4.94. The normalized spacial score (nSPS) is 21.0. The second-order valence-corrected chi connectivity index (χ2v) is 9.18. The van der Waals surface area contributed by atoms with Gasteiger partial charge in [-0.15, -0.1) is 0 Å². The van der Waals surface area contributed by atoms with Crippen LogP contribution in [0.5, 0.6) is 11.5 Å². The Hall–Kier alpha value is -3.03. The summed E-state index contributed by atoms with van der Waals surface area (Å²) in [5.41, 5.74) is 0.986. The summed E-state index contributed by atoms with van der Waals surface area (Å²) < 4.78 is 12.4. The van der Waals surface area contributed by atoms with Gasteiger partial charge in [-0.3, -0.25) is 14.3 Å². The van der Waals surface area contributed by atoms with Gasteiger partial charge in [0.15, 0.2) is 11.5 Å². The summed E-state index contributed by atoms with van der Waals surface area (Å²) in [7, 11) is 3.18. The molecule has 1 N–H and O–H groups in total. The van der Waals surface area contributed by atoms with Gasteiger partial charge in [0, 0.05) is 18.2 Å². The maximum atomic E-state index is 13.5. The van der Waals surface area contributed by atoms with Crippen molar-refractivity contribution >= 4 is 11.8 Å². The maximum Gasteiger partial charge on any atom is 0.273 e.